The van der Waals surface area contributed by atoms with Gasteiger partial charge in [0.15, 0.2) is 5.13 Å². The summed E-state index contributed by atoms with van der Waals surface area (Å²) in [4.78, 5) is 20.0. The van der Waals surface area contributed by atoms with Crippen LogP contribution < -0.4 is 15.0 Å². The molecule has 1 aromatic carbocycles. The number of carbonyl (C=O) groups is 1. The fourth-order valence-electron chi connectivity index (χ4n) is 4.39. The summed E-state index contributed by atoms with van der Waals surface area (Å²) in [5, 5.41) is 4.37. The Labute approximate surface area is 171 Å². The Hall–Kier alpha value is -1.82. The first kappa shape index (κ1) is 19.5. The van der Waals surface area contributed by atoms with Gasteiger partial charge in [-0.2, -0.15) is 0 Å². The van der Waals surface area contributed by atoms with Crippen LogP contribution in [0.4, 0.5) is 5.13 Å². The first-order chi connectivity index (χ1) is 13.7. The average molecular weight is 402 g/mol. The van der Waals surface area contributed by atoms with Gasteiger partial charge in [0.25, 0.3) is 0 Å². The van der Waals surface area contributed by atoms with Crippen molar-refractivity contribution in [2.75, 3.05) is 24.6 Å². The molecule has 1 aliphatic heterocycles. The summed E-state index contributed by atoms with van der Waals surface area (Å²) in [5.41, 5.74) is 1.01. The molecule has 2 heterocycles. The van der Waals surface area contributed by atoms with Crippen LogP contribution in [0.1, 0.15) is 58.3 Å². The molecule has 0 spiro atoms. The molecule has 152 valence electrons. The second-order valence-corrected chi connectivity index (χ2v) is 9.05. The van der Waals surface area contributed by atoms with E-state index in [0.717, 1.165) is 59.9 Å². The molecule has 0 bridgehead atoms. The quantitative estimate of drug-likeness (QED) is 0.735. The zero-order valence-electron chi connectivity index (χ0n) is 16.8. The van der Waals surface area contributed by atoms with E-state index in [-0.39, 0.29) is 11.8 Å². The van der Waals surface area contributed by atoms with Crippen LogP contribution in [-0.2, 0) is 4.79 Å². The molecular formula is C22H31N3O2S. The van der Waals surface area contributed by atoms with Gasteiger partial charge in [-0.15, -0.1) is 0 Å². The number of hydrogen-bond acceptors (Lipinski definition) is 5. The number of anilines is 1. The van der Waals surface area contributed by atoms with E-state index in [9.17, 15) is 4.79 Å². The molecule has 28 heavy (non-hydrogen) atoms. The minimum atomic E-state index is 0.0722. The number of fused-ring (bicyclic) bond motifs is 1. The molecule has 2 fully saturated rings. The van der Waals surface area contributed by atoms with Crippen LogP contribution in [0.3, 0.4) is 0 Å². The van der Waals surface area contributed by atoms with Gasteiger partial charge in [0, 0.05) is 19.1 Å². The number of nitrogens with one attached hydrogen (secondary N) is 1. The Morgan fingerprint density at radius 3 is 2.82 bits per heavy atom. The second kappa shape index (κ2) is 9.12. The summed E-state index contributed by atoms with van der Waals surface area (Å²) in [5.74, 6) is 1.21. The number of piperidine rings is 1. The van der Waals surface area contributed by atoms with Crippen molar-refractivity contribution >= 4 is 32.6 Å². The maximum Gasteiger partial charge on any atom is 0.225 e. The predicted octanol–water partition coefficient (Wildman–Crippen LogP) is 4.75. The second-order valence-electron chi connectivity index (χ2n) is 8.04. The van der Waals surface area contributed by atoms with Gasteiger partial charge in [-0.05, 0) is 50.8 Å². The number of aromatic nitrogens is 1. The van der Waals surface area contributed by atoms with Gasteiger partial charge in [-0.1, -0.05) is 37.0 Å². The average Bonchev–Trinajstić information content (AvgIpc) is 2.97. The Morgan fingerprint density at radius 2 is 2.04 bits per heavy atom. The zero-order chi connectivity index (χ0) is 19.3. The molecule has 1 saturated carbocycles. The van der Waals surface area contributed by atoms with E-state index < -0.39 is 0 Å². The fourth-order valence-corrected chi connectivity index (χ4v) is 5.42. The molecule has 1 amide bonds. The Bertz CT molecular complexity index is 798. The highest BCUT2D eigenvalue weighted by atomic mass is 32.1. The largest absolute Gasteiger partial charge is 0.494 e. The van der Waals surface area contributed by atoms with Gasteiger partial charge in [0.05, 0.1) is 22.7 Å². The van der Waals surface area contributed by atoms with Gasteiger partial charge in [-0.25, -0.2) is 4.98 Å². The van der Waals surface area contributed by atoms with Crippen molar-refractivity contribution in [3.05, 3.63) is 18.2 Å². The minimum absolute atomic E-state index is 0.0722. The van der Waals surface area contributed by atoms with Crippen molar-refractivity contribution in [2.24, 2.45) is 5.92 Å². The van der Waals surface area contributed by atoms with E-state index in [2.05, 4.69) is 16.3 Å². The predicted molar refractivity (Wildman–Crippen MR) is 115 cm³/mol. The van der Waals surface area contributed by atoms with Gasteiger partial charge in [0.1, 0.15) is 5.75 Å². The maximum atomic E-state index is 12.9. The number of hydrogen-bond donors (Lipinski definition) is 1. The molecular weight excluding hydrogens is 370 g/mol. The Morgan fingerprint density at radius 1 is 1.21 bits per heavy atom. The maximum absolute atomic E-state index is 12.9. The molecule has 1 N–H and O–H groups in total. The third kappa shape index (κ3) is 4.59. The molecule has 2 aromatic rings. The van der Waals surface area contributed by atoms with E-state index in [0.29, 0.717) is 12.6 Å². The molecule has 1 saturated heterocycles. The molecule has 0 radical (unpaired) electrons. The van der Waals surface area contributed by atoms with E-state index in [4.69, 9.17) is 9.72 Å². The fraction of sp³-hybridized carbons (Fsp3) is 0.636. The lowest BCUT2D eigenvalue weighted by Crippen LogP contribution is -2.46. The van der Waals surface area contributed by atoms with Crippen molar-refractivity contribution in [1.82, 2.24) is 10.3 Å². The number of ether oxygens (including phenoxy) is 1. The highest BCUT2D eigenvalue weighted by molar-refractivity contribution is 7.22. The summed E-state index contributed by atoms with van der Waals surface area (Å²) in [6.45, 7) is 4.42. The minimum Gasteiger partial charge on any atom is -0.494 e. The lowest BCUT2D eigenvalue weighted by atomic mass is 9.96. The van der Waals surface area contributed by atoms with Crippen LogP contribution in [0, 0.1) is 5.92 Å². The third-order valence-corrected chi connectivity index (χ3v) is 7.00. The van der Waals surface area contributed by atoms with E-state index in [1.807, 2.05) is 19.1 Å². The summed E-state index contributed by atoms with van der Waals surface area (Å²) >= 11 is 1.70. The molecule has 2 aliphatic rings. The molecule has 0 unspecified atom stereocenters. The topological polar surface area (TPSA) is 54.5 Å². The molecule has 6 heteroatoms. The van der Waals surface area contributed by atoms with E-state index in [1.54, 1.807) is 11.3 Å². The first-order valence-corrected chi connectivity index (χ1v) is 11.6. The zero-order valence-corrected chi connectivity index (χ0v) is 17.6. The molecule has 1 aliphatic carbocycles. The lowest BCUT2D eigenvalue weighted by molar-refractivity contribution is -0.126. The lowest BCUT2D eigenvalue weighted by Gasteiger charge is -2.32. The molecule has 5 nitrogen and oxygen atoms in total. The number of benzene rings is 1. The van der Waals surface area contributed by atoms with Crippen molar-refractivity contribution in [3.63, 3.8) is 0 Å². The molecule has 4 rings (SSSR count). The van der Waals surface area contributed by atoms with E-state index >= 15 is 0 Å². The van der Waals surface area contributed by atoms with Crippen LogP contribution >= 0.6 is 11.3 Å². The summed E-state index contributed by atoms with van der Waals surface area (Å²) in [6.07, 6.45) is 9.43. The van der Waals surface area contributed by atoms with Crippen LogP contribution in [0.2, 0.25) is 0 Å². The normalized spacial score (nSPS) is 21.5. The van der Waals surface area contributed by atoms with Crippen molar-refractivity contribution < 1.29 is 9.53 Å². The van der Waals surface area contributed by atoms with Crippen LogP contribution in [0.5, 0.6) is 5.75 Å². The van der Waals surface area contributed by atoms with Gasteiger partial charge < -0.3 is 15.0 Å². The Balaban J connectivity index is 1.41. The van der Waals surface area contributed by atoms with Crippen LogP contribution in [-0.4, -0.2) is 36.6 Å². The van der Waals surface area contributed by atoms with Gasteiger partial charge >= 0.3 is 0 Å². The SMILES string of the molecule is CCOc1ccc2nc(N3CCC[C@H](C(=O)NC4CCCCCC4)C3)sc2c1. The summed E-state index contributed by atoms with van der Waals surface area (Å²) in [6, 6.07) is 6.46. The summed E-state index contributed by atoms with van der Waals surface area (Å²) < 4.78 is 6.76. The highest BCUT2D eigenvalue weighted by Gasteiger charge is 2.29. The van der Waals surface area contributed by atoms with Gasteiger partial charge in [-0.3, -0.25) is 4.79 Å². The van der Waals surface area contributed by atoms with E-state index in [1.165, 1.54) is 25.7 Å². The number of nitrogens with zero attached hydrogens (tertiary/aromatic N) is 2. The number of carbonyl (C=O) groups excluding carboxylic acids is 1. The smallest absolute Gasteiger partial charge is 0.225 e. The third-order valence-electron chi connectivity index (χ3n) is 5.92. The highest BCUT2D eigenvalue weighted by Crippen LogP contribution is 2.33. The van der Waals surface area contributed by atoms with Crippen molar-refractivity contribution in [3.8, 4) is 5.75 Å². The molecule has 1 atom stereocenters. The van der Waals surface area contributed by atoms with Crippen molar-refractivity contribution in [2.45, 2.75) is 64.3 Å². The number of rotatable bonds is 5. The number of amides is 1. The van der Waals surface area contributed by atoms with Crippen LogP contribution in [0.15, 0.2) is 18.2 Å². The Kier molecular flexibility index (Phi) is 6.35. The molecule has 1 aromatic heterocycles. The monoisotopic (exact) mass is 401 g/mol. The van der Waals surface area contributed by atoms with Crippen LogP contribution in [0.25, 0.3) is 10.2 Å². The number of thiazole rings is 1. The summed E-state index contributed by atoms with van der Waals surface area (Å²) in [7, 11) is 0. The standard InChI is InChI=1S/C22H31N3O2S/c1-2-27-18-11-12-19-20(14-18)28-22(24-19)25-13-7-8-16(15-25)21(26)23-17-9-5-3-4-6-10-17/h11-12,14,16-17H,2-10,13,15H2,1H3,(H,23,26)/t16-/m0/s1. The first-order valence-electron chi connectivity index (χ1n) is 10.8. The van der Waals surface area contributed by atoms with Gasteiger partial charge in [0.2, 0.25) is 5.91 Å². The van der Waals surface area contributed by atoms with Crippen molar-refractivity contribution in [1.29, 1.82) is 0 Å².